The Kier molecular flexibility index (Phi) is 4.96. The molecule has 0 aliphatic carbocycles. The van der Waals surface area contributed by atoms with Gasteiger partial charge in [0.2, 0.25) is 0 Å². The minimum Gasteiger partial charge on any atom is -0.384 e. The summed E-state index contributed by atoms with van der Waals surface area (Å²) in [6, 6.07) is 4.55. The topological polar surface area (TPSA) is 12.5 Å². The van der Waals surface area contributed by atoms with Crippen molar-refractivity contribution in [2.45, 2.75) is 17.9 Å². The summed E-state index contributed by atoms with van der Waals surface area (Å²) in [7, 11) is 1.62. The second-order valence-corrected chi connectivity index (χ2v) is 5.60. The van der Waals surface area contributed by atoms with Crippen molar-refractivity contribution in [2.75, 3.05) is 31.7 Å². The highest BCUT2D eigenvalue weighted by Gasteiger charge is 2.36. The quantitative estimate of drug-likeness (QED) is 0.758. The first kappa shape index (κ1) is 15.6. The second-order valence-electron chi connectivity index (χ2n) is 5.04. The molecule has 0 saturated carbocycles. The number of nitrogens with zero attached hydrogens (tertiary/aromatic N) is 1. The van der Waals surface area contributed by atoms with Gasteiger partial charge in [-0.25, -0.2) is 0 Å². The maximum atomic E-state index is 13.2. The predicted molar refractivity (Wildman–Crippen MR) is 76.3 cm³/mol. The first-order valence-corrected chi connectivity index (χ1v) is 7.57. The molecular weight excluding hydrogens is 335 g/mol. The Morgan fingerprint density at radius 2 is 2.15 bits per heavy atom. The van der Waals surface area contributed by atoms with Crippen LogP contribution in [-0.4, -0.2) is 26.8 Å². The normalized spacial score (nSPS) is 19.6. The molecule has 1 unspecified atom stereocenters. The van der Waals surface area contributed by atoms with E-state index in [0.29, 0.717) is 36.5 Å². The molecule has 1 fully saturated rings. The number of ether oxygens (including phenoxy) is 1. The van der Waals surface area contributed by atoms with Crippen LogP contribution in [0.5, 0.6) is 0 Å². The van der Waals surface area contributed by atoms with Gasteiger partial charge in [-0.1, -0.05) is 22.0 Å². The molecule has 2 rings (SSSR count). The Bertz CT molecular complexity index is 464. The summed E-state index contributed by atoms with van der Waals surface area (Å²) >= 11 is 3.20. The third-order valence-electron chi connectivity index (χ3n) is 3.55. The minimum atomic E-state index is -4.33. The average Bonchev–Trinajstić information content (AvgIpc) is 2.86. The number of anilines is 1. The van der Waals surface area contributed by atoms with Gasteiger partial charge in [0.1, 0.15) is 0 Å². The highest BCUT2D eigenvalue weighted by atomic mass is 79.9. The van der Waals surface area contributed by atoms with Gasteiger partial charge < -0.3 is 9.64 Å². The number of hydrogen-bond acceptors (Lipinski definition) is 2. The highest BCUT2D eigenvalue weighted by Crippen LogP contribution is 2.39. The van der Waals surface area contributed by atoms with Gasteiger partial charge in [0.25, 0.3) is 0 Å². The van der Waals surface area contributed by atoms with E-state index in [2.05, 4.69) is 15.9 Å². The summed E-state index contributed by atoms with van der Waals surface area (Å²) in [5.41, 5.74) is 0.363. The first-order valence-electron chi connectivity index (χ1n) is 6.45. The fraction of sp³-hybridized carbons (Fsp3) is 0.571. The van der Waals surface area contributed by atoms with Gasteiger partial charge in [-0.15, -0.1) is 0 Å². The monoisotopic (exact) mass is 351 g/mol. The van der Waals surface area contributed by atoms with Gasteiger partial charge in [0.15, 0.2) is 0 Å². The van der Waals surface area contributed by atoms with Crippen LogP contribution in [0.4, 0.5) is 18.9 Å². The highest BCUT2D eigenvalue weighted by molar-refractivity contribution is 9.08. The van der Waals surface area contributed by atoms with Crippen molar-refractivity contribution < 1.29 is 17.9 Å². The van der Waals surface area contributed by atoms with Crippen molar-refractivity contribution in [1.82, 2.24) is 0 Å². The molecule has 1 aliphatic heterocycles. The van der Waals surface area contributed by atoms with Crippen LogP contribution < -0.4 is 4.90 Å². The van der Waals surface area contributed by atoms with Gasteiger partial charge in [-0.3, -0.25) is 0 Å². The number of rotatable bonds is 4. The molecule has 1 atom stereocenters. The SMILES string of the molecule is COCC1CCN(c2ccc(CBr)cc2C(F)(F)F)C1. The Morgan fingerprint density at radius 3 is 2.75 bits per heavy atom. The van der Waals surface area contributed by atoms with E-state index < -0.39 is 11.7 Å². The van der Waals surface area contributed by atoms with Gasteiger partial charge in [0, 0.05) is 37.1 Å². The van der Waals surface area contributed by atoms with Gasteiger partial charge in [-0.2, -0.15) is 13.2 Å². The molecule has 1 aromatic carbocycles. The van der Waals surface area contributed by atoms with Crippen molar-refractivity contribution in [2.24, 2.45) is 5.92 Å². The second kappa shape index (κ2) is 6.35. The third kappa shape index (κ3) is 3.47. The van der Waals surface area contributed by atoms with Crippen molar-refractivity contribution >= 4 is 21.6 Å². The van der Waals surface area contributed by atoms with Crippen molar-refractivity contribution in [1.29, 1.82) is 0 Å². The van der Waals surface area contributed by atoms with Gasteiger partial charge >= 0.3 is 6.18 Å². The van der Waals surface area contributed by atoms with E-state index in [1.807, 2.05) is 4.90 Å². The molecule has 2 nitrogen and oxygen atoms in total. The molecule has 0 bridgehead atoms. The maximum absolute atomic E-state index is 13.2. The van der Waals surface area contributed by atoms with Crippen LogP contribution in [-0.2, 0) is 16.2 Å². The zero-order chi connectivity index (χ0) is 14.8. The number of alkyl halides is 4. The number of methoxy groups -OCH3 is 1. The zero-order valence-electron chi connectivity index (χ0n) is 11.2. The molecule has 6 heteroatoms. The van der Waals surface area contributed by atoms with Crippen molar-refractivity contribution in [3.05, 3.63) is 29.3 Å². The Morgan fingerprint density at radius 1 is 1.40 bits per heavy atom. The lowest BCUT2D eigenvalue weighted by Gasteiger charge is -2.24. The lowest BCUT2D eigenvalue weighted by molar-refractivity contribution is -0.137. The molecule has 0 radical (unpaired) electrons. The summed E-state index contributed by atoms with van der Waals surface area (Å²) in [6.07, 6.45) is -3.46. The predicted octanol–water partition coefficient (Wildman–Crippen LogP) is 4.07. The maximum Gasteiger partial charge on any atom is 0.418 e. The summed E-state index contributed by atoms with van der Waals surface area (Å²) in [5, 5.41) is 0.419. The fourth-order valence-corrected chi connectivity index (χ4v) is 2.94. The number of benzene rings is 1. The molecule has 20 heavy (non-hydrogen) atoms. The van der Waals surface area contributed by atoms with Crippen LogP contribution in [0.2, 0.25) is 0 Å². The van der Waals surface area contributed by atoms with E-state index in [9.17, 15) is 13.2 Å². The van der Waals surface area contributed by atoms with E-state index in [-0.39, 0.29) is 5.69 Å². The van der Waals surface area contributed by atoms with E-state index in [1.54, 1.807) is 19.2 Å². The largest absolute Gasteiger partial charge is 0.418 e. The fourth-order valence-electron chi connectivity index (χ4n) is 2.59. The average molecular weight is 352 g/mol. The minimum absolute atomic E-state index is 0.279. The van der Waals surface area contributed by atoms with E-state index in [1.165, 1.54) is 6.07 Å². The molecule has 0 spiro atoms. The Balaban J connectivity index is 2.27. The van der Waals surface area contributed by atoms with E-state index in [0.717, 1.165) is 6.42 Å². The summed E-state index contributed by atoms with van der Waals surface area (Å²) in [4.78, 5) is 1.81. The number of halogens is 4. The molecule has 1 aliphatic rings. The number of hydrogen-bond donors (Lipinski definition) is 0. The van der Waals surface area contributed by atoms with Gasteiger partial charge in [0.05, 0.1) is 12.2 Å². The van der Waals surface area contributed by atoms with Crippen molar-refractivity contribution in [3.63, 3.8) is 0 Å². The van der Waals surface area contributed by atoms with Crippen LogP contribution >= 0.6 is 15.9 Å². The van der Waals surface area contributed by atoms with Crippen LogP contribution in [0.3, 0.4) is 0 Å². The molecule has 1 saturated heterocycles. The van der Waals surface area contributed by atoms with E-state index in [4.69, 9.17) is 4.74 Å². The van der Waals surface area contributed by atoms with Crippen molar-refractivity contribution in [3.8, 4) is 0 Å². The third-order valence-corrected chi connectivity index (χ3v) is 4.20. The van der Waals surface area contributed by atoms with E-state index >= 15 is 0 Å². The lowest BCUT2D eigenvalue weighted by atomic mass is 10.1. The lowest BCUT2D eigenvalue weighted by Crippen LogP contribution is -2.24. The summed E-state index contributed by atoms with van der Waals surface area (Å²) in [5.74, 6) is 0.303. The Labute approximate surface area is 125 Å². The standard InChI is InChI=1S/C14H17BrF3NO/c1-20-9-11-4-5-19(8-11)13-3-2-10(7-15)6-12(13)14(16,17)18/h2-3,6,11H,4-5,7-9H2,1H3. The molecule has 112 valence electrons. The first-order chi connectivity index (χ1) is 9.45. The molecule has 0 N–H and O–H groups in total. The van der Waals surface area contributed by atoms with Crippen LogP contribution in [0.15, 0.2) is 18.2 Å². The van der Waals surface area contributed by atoms with Crippen LogP contribution in [0.1, 0.15) is 17.5 Å². The van der Waals surface area contributed by atoms with Crippen LogP contribution in [0, 0.1) is 5.92 Å². The zero-order valence-corrected chi connectivity index (χ0v) is 12.8. The van der Waals surface area contributed by atoms with Crippen LogP contribution in [0.25, 0.3) is 0 Å². The summed E-state index contributed by atoms with van der Waals surface area (Å²) in [6.45, 7) is 1.85. The molecule has 0 amide bonds. The molecule has 1 aromatic rings. The molecule has 0 aromatic heterocycles. The molecule has 1 heterocycles. The van der Waals surface area contributed by atoms with Gasteiger partial charge in [-0.05, 0) is 24.1 Å². The Hall–Kier alpha value is -0.750. The molecular formula is C14H17BrF3NO. The smallest absolute Gasteiger partial charge is 0.384 e. The summed E-state index contributed by atoms with van der Waals surface area (Å²) < 4.78 is 44.7.